The second-order valence-electron chi connectivity index (χ2n) is 9.56. The van der Waals surface area contributed by atoms with Gasteiger partial charge in [-0.3, -0.25) is 14.4 Å². The van der Waals surface area contributed by atoms with E-state index in [-0.39, 0.29) is 41.0 Å². The van der Waals surface area contributed by atoms with Crippen LogP contribution in [-0.2, 0) is 9.59 Å². The van der Waals surface area contributed by atoms with Crippen molar-refractivity contribution in [1.82, 2.24) is 10.3 Å². The van der Waals surface area contributed by atoms with Gasteiger partial charge in [0.2, 0.25) is 5.91 Å². The number of methoxy groups -OCH3 is 1. The Morgan fingerprint density at radius 2 is 2.06 bits per heavy atom. The highest BCUT2D eigenvalue weighted by Gasteiger charge is 2.33. The first-order valence-corrected chi connectivity index (χ1v) is 12.0. The van der Waals surface area contributed by atoms with Gasteiger partial charge in [0.25, 0.3) is 0 Å². The van der Waals surface area contributed by atoms with Crippen LogP contribution >= 0.6 is 0 Å². The molecule has 8 heteroatoms. The molecule has 180 valence electrons. The molecule has 2 N–H and O–H groups in total. The van der Waals surface area contributed by atoms with Gasteiger partial charge in [-0.1, -0.05) is 19.3 Å². The Bertz CT molecular complexity index is 1130. The number of H-pyrrole nitrogens is 1. The molecule has 3 unspecified atom stereocenters. The Morgan fingerprint density at radius 1 is 1.26 bits per heavy atom. The van der Waals surface area contributed by atoms with Gasteiger partial charge in [-0.15, -0.1) is 0 Å². The molecule has 0 saturated heterocycles. The van der Waals surface area contributed by atoms with Crippen LogP contribution in [0.15, 0.2) is 18.2 Å². The molecule has 2 fully saturated rings. The number of aromatic nitrogens is 1. The van der Waals surface area contributed by atoms with Gasteiger partial charge in [0.15, 0.2) is 5.78 Å². The lowest BCUT2D eigenvalue weighted by atomic mass is 9.83. The van der Waals surface area contributed by atoms with Crippen LogP contribution in [0.5, 0.6) is 5.75 Å². The first kappa shape index (κ1) is 23.9. The topological polar surface area (TPSA) is 112 Å². The molecule has 0 radical (unpaired) electrons. The first-order chi connectivity index (χ1) is 16.4. The number of halogens is 1. The fourth-order valence-corrected chi connectivity index (χ4v) is 4.88. The number of aromatic amines is 1. The highest BCUT2D eigenvalue weighted by atomic mass is 19.1. The standard InChI is InChI=1S/C26H30FN3O4/c1-34-24-9-8-20(27)25-19(24)13-21(30-25)23(32)12-17(10-15-6-7-15)26(33)29-18(14-28)11-16-4-2-3-5-22(16)31/h8-9,13,15-18,30H,2-7,10-12H2,1H3,(H,29,33). The van der Waals surface area contributed by atoms with E-state index in [4.69, 9.17) is 4.74 Å². The smallest absolute Gasteiger partial charge is 0.224 e. The van der Waals surface area contributed by atoms with E-state index in [1.165, 1.54) is 19.2 Å². The Kier molecular flexibility index (Phi) is 7.30. The largest absolute Gasteiger partial charge is 0.496 e. The molecule has 1 heterocycles. The number of amides is 1. The van der Waals surface area contributed by atoms with Crippen molar-refractivity contribution in [3.63, 3.8) is 0 Å². The number of rotatable bonds is 10. The maximum absolute atomic E-state index is 14.2. The van der Waals surface area contributed by atoms with Gasteiger partial charge in [0.05, 0.1) is 24.4 Å². The van der Waals surface area contributed by atoms with Crippen molar-refractivity contribution in [3.8, 4) is 11.8 Å². The van der Waals surface area contributed by atoms with Crippen molar-refractivity contribution in [2.75, 3.05) is 7.11 Å². The molecular weight excluding hydrogens is 437 g/mol. The Morgan fingerprint density at radius 3 is 2.74 bits per heavy atom. The van der Waals surface area contributed by atoms with Crippen molar-refractivity contribution in [3.05, 3.63) is 29.7 Å². The molecule has 0 aliphatic heterocycles. The first-order valence-electron chi connectivity index (χ1n) is 12.0. The Hall–Kier alpha value is -3.21. The molecule has 3 atom stereocenters. The number of Topliss-reactive ketones (excluding diaryl/α,β-unsaturated/α-hetero) is 2. The van der Waals surface area contributed by atoms with Crippen molar-refractivity contribution < 1.29 is 23.5 Å². The zero-order valence-corrected chi connectivity index (χ0v) is 19.4. The van der Waals surface area contributed by atoms with E-state index in [0.29, 0.717) is 36.3 Å². The lowest BCUT2D eigenvalue weighted by Crippen LogP contribution is -2.41. The number of carbonyl (C=O) groups is 3. The second-order valence-corrected chi connectivity index (χ2v) is 9.56. The van der Waals surface area contributed by atoms with E-state index >= 15 is 0 Å². The van der Waals surface area contributed by atoms with Crippen LogP contribution in [0.2, 0.25) is 0 Å². The molecule has 34 heavy (non-hydrogen) atoms. The maximum atomic E-state index is 14.2. The zero-order chi connectivity index (χ0) is 24.2. The van der Waals surface area contributed by atoms with Gasteiger partial charge in [-0.25, -0.2) is 4.39 Å². The number of nitrogens with zero attached hydrogens (tertiary/aromatic N) is 1. The summed E-state index contributed by atoms with van der Waals surface area (Å²) in [6.45, 7) is 0. The van der Waals surface area contributed by atoms with Crippen molar-refractivity contribution in [2.45, 2.75) is 63.8 Å². The van der Waals surface area contributed by atoms with Crippen LogP contribution in [0, 0.1) is 34.9 Å². The SMILES string of the molecule is COc1ccc(F)c2[nH]c(C(=O)CC(CC3CC3)C(=O)NC(C#N)CC3CCCCC3=O)cc12. The number of nitriles is 1. The quantitative estimate of drug-likeness (QED) is 0.501. The van der Waals surface area contributed by atoms with Crippen LogP contribution < -0.4 is 10.1 Å². The molecule has 2 aromatic rings. The second kappa shape index (κ2) is 10.4. The van der Waals surface area contributed by atoms with E-state index < -0.39 is 17.8 Å². The van der Waals surface area contributed by atoms with E-state index in [0.717, 1.165) is 32.1 Å². The minimum Gasteiger partial charge on any atom is -0.496 e. The highest BCUT2D eigenvalue weighted by Crippen LogP contribution is 2.37. The van der Waals surface area contributed by atoms with Gasteiger partial charge in [-0.2, -0.15) is 5.26 Å². The third-order valence-electron chi connectivity index (χ3n) is 7.01. The number of ketones is 2. The average Bonchev–Trinajstić information content (AvgIpc) is 3.53. The van der Waals surface area contributed by atoms with Crippen LogP contribution in [0.25, 0.3) is 10.9 Å². The molecule has 1 aromatic carbocycles. The summed E-state index contributed by atoms with van der Waals surface area (Å²) < 4.78 is 19.5. The molecule has 1 amide bonds. The number of nitrogens with one attached hydrogen (secondary N) is 2. The fourth-order valence-electron chi connectivity index (χ4n) is 4.88. The van der Waals surface area contributed by atoms with Crippen LogP contribution in [0.4, 0.5) is 4.39 Å². The summed E-state index contributed by atoms with van der Waals surface area (Å²) in [5, 5.41) is 12.8. The van der Waals surface area contributed by atoms with Gasteiger partial charge >= 0.3 is 0 Å². The summed E-state index contributed by atoms with van der Waals surface area (Å²) >= 11 is 0. The van der Waals surface area contributed by atoms with Crippen LogP contribution in [-0.4, -0.2) is 35.6 Å². The van der Waals surface area contributed by atoms with E-state index in [2.05, 4.69) is 16.4 Å². The van der Waals surface area contributed by atoms with E-state index in [9.17, 15) is 24.0 Å². The third kappa shape index (κ3) is 5.46. The third-order valence-corrected chi connectivity index (χ3v) is 7.01. The van der Waals surface area contributed by atoms with Crippen LogP contribution in [0.1, 0.15) is 68.3 Å². The molecule has 4 rings (SSSR count). The number of carbonyl (C=O) groups excluding carboxylic acids is 3. The number of hydrogen-bond acceptors (Lipinski definition) is 5. The Labute approximate surface area is 198 Å². The maximum Gasteiger partial charge on any atom is 0.224 e. The monoisotopic (exact) mass is 467 g/mol. The van der Waals surface area contributed by atoms with E-state index in [1.54, 1.807) is 6.07 Å². The molecule has 7 nitrogen and oxygen atoms in total. The summed E-state index contributed by atoms with van der Waals surface area (Å²) in [6.07, 6.45) is 5.99. The summed E-state index contributed by atoms with van der Waals surface area (Å²) in [7, 11) is 1.48. The molecule has 0 spiro atoms. The van der Waals surface area contributed by atoms with Crippen molar-refractivity contribution in [1.29, 1.82) is 5.26 Å². The summed E-state index contributed by atoms with van der Waals surface area (Å²) in [6, 6.07) is 5.68. The minimum absolute atomic E-state index is 0.0421. The predicted octanol–water partition coefficient (Wildman–Crippen LogP) is 4.46. The van der Waals surface area contributed by atoms with Crippen molar-refractivity contribution >= 4 is 28.4 Å². The lowest BCUT2D eigenvalue weighted by Gasteiger charge is -2.24. The summed E-state index contributed by atoms with van der Waals surface area (Å²) in [5.74, 6) is -0.903. The number of fused-ring (bicyclic) bond motifs is 1. The average molecular weight is 468 g/mol. The van der Waals surface area contributed by atoms with Gasteiger partial charge in [-0.05, 0) is 49.8 Å². The number of ether oxygens (including phenoxy) is 1. The summed E-state index contributed by atoms with van der Waals surface area (Å²) in [4.78, 5) is 41.2. The van der Waals surface area contributed by atoms with E-state index in [1.807, 2.05) is 0 Å². The zero-order valence-electron chi connectivity index (χ0n) is 19.4. The molecule has 2 saturated carbocycles. The minimum atomic E-state index is -0.761. The van der Waals surface area contributed by atoms with Gasteiger partial charge < -0.3 is 15.0 Å². The highest BCUT2D eigenvalue weighted by molar-refractivity contribution is 6.02. The lowest BCUT2D eigenvalue weighted by molar-refractivity contribution is -0.127. The predicted molar refractivity (Wildman–Crippen MR) is 124 cm³/mol. The fraction of sp³-hybridized carbons (Fsp3) is 0.538. The number of hydrogen-bond donors (Lipinski definition) is 2. The number of benzene rings is 1. The van der Waals surface area contributed by atoms with Crippen molar-refractivity contribution in [2.24, 2.45) is 17.8 Å². The van der Waals surface area contributed by atoms with Gasteiger partial charge in [0.1, 0.15) is 23.4 Å². The molecule has 2 aliphatic rings. The summed E-state index contributed by atoms with van der Waals surface area (Å²) in [5.41, 5.74) is 0.407. The van der Waals surface area contributed by atoms with Crippen LogP contribution in [0.3, 0.4) is 0 Å². The molecular formula is C26H30FN3O4. The molecule has 1 aromatic heterocycles. The molecule has 2 aliphatic carbocycles. The van der Waals surface area contributed by atoms with Gasteiger partial charge in [0, 0.05) is 30.1 Å². The Balaban J connectivity index is 1.46. The molecule has 0 bridgehead atoms. The normalized spacial score (nSPS) is 19.9.